The standard InChI is InChI=1S/C8H9BrN2O2.C7H6BrNO/c1-11(13-2)8(12)7-5-6(9)3-4-10-7;1-5(10)7-4-6(8)2-3-9-7/h3-5H,1-2H3;2-4H,1H3. The Kier molecular flexibility index (Phi) is 8.01. The van der Waals surface area contributed by atoms with Gasteiger partial charge in [-0.2, -0.15) is 0 Å². The first kappa shape index (κ1) is 19.4. The number of carbonyl (C=O) groups is 2. The van der Waals surface area contributed by atoms with Crippen molar-refractivity contribution in [3.8, 4) is 0 Å². The van der Waals surface area contributed by atoms with E-state index in [1.54, 1.807) is 36.7 Å². The maximum Gasteiger partial charge on any atom is 0.295 e. The molecule has 0 saturated carbocycles. The summed E-state index contributed by atoms with van der Waals surface area (Å²) < 4.78 is 1.70. The topological polar surface area (TPSA) is 72.4 Å². The van der Waals surface area contributed by atoms with Crippen LogP contribution in [-0.2, 0) is 4.84 Å². The molecule has 0 aliphatic rings. The van der Waals surface area contributed by atoms with Gasteiger partial charge in [0.1, 0.15) is 11.4 Å². The Morgan fingerprint density at radius 1 is 1.04 bits per heavy atom. The molecule has 23 heavy (non-hydrogen) atoms. The molecule has 8 heteroatoms. The molecule has 2 aromatic heterocycles. The summed E-state index contributed by atoms with van der Waals surface area (Å²) in [5, 5.41) is 1.12. The number of nitrogens with zero attached hydrogens (tertiary/aromatic N) is 3. The van der Waals surface area contributed by atoms with Crippen LogP contribution < -0.4 is 0 Å². The molecular weight excluding hydrogens is 430 g/mol. The molecule has 0 aromatic carbocycles. The third-order valence-corrected chi connectivity index (χ3v) is 3.57. The van der Waals surface area contributed by atoms with Gasteiger partial charge in [-0.25, -0.2) is 5.06 Å². The van der Waals surface area contributed by atoms with Gasteiger partial charge in [0.25, 0.3) is 5.91 Å². The zero-order valence-electron chi connectivity index (χ0n) is 12.8. The number of rotatable bonds is 3. The van der Waals surface area contributed by atoms with Gasteiger partial charge in [0.2, 0.25) is 0 Å². The smallest absolute Gasteiger partial charge is 0.293 e. The quantitative estimate of drug-likeness (QED) is 0.534. The minimum absolute atomic E-state index is 0.0127. The molecule has 0 atom stereocenters. The summed E-state index contributed by atoms with van der Waals surface area (Å²) in [5.74, 6) is -0.287. The minimum atomic E-state index is -0.274. The van der Waals surface area contributed by atoms with Gasteiger partial charge < -0.3 is 0 Å². The van der Waals surface area contributed by atoms with Gasteiger partial charge in [0.15, 0.2) is 5.78 Å². The fraction of sp³-hybridized carbons (Fsp3) is 0.200. The van der Waals surface area contributed by atoms with E-state index < -0.39 is 0 Å². The predicted octanol–water partition coefficient (Wildman–Crippen LogP) is 3.52. The Balaban J connectivity index is 0.000000238. The lowest BCUT2D eigenvalue weighted by molar-refractivity contribution is -0.0760. The van der Waals surface area contributed by atoms with Crippen molar-refractivity contribution in [1.82, 2.24) is 15.0 Å². The molecule has 0 unspecified atom stereocenters. The largest absolute Gasteiger partial charge is 0.295 e. The normalized spacial score (nSPS) is 9.61. The molecule has 1 amide bonds. The van der Waals surface area contributed by atoms with Crippen LogP contribution in [0.5, 0.6) is 0 Å². The van der Waals surface area contributed by atoms with E-state index >= 15 is 0 Å². The second-order valence-electron chi connectivity index (χ2n) is 4.26. The van der Waals surface area contributed by atoms with Crippen molar-refractivity contribution in [2.45, 2.75) is 6.92 Å². The third-order valence-electron chi connectivity index (χ3n) is 2.58. The second kappa shape index (κ2) is 9.49. The van der Waals surface area contributed by atoms with Gasteiger partial charge in [-0.15, -0.1) is 0 Å². The number of hydroxylamine groups is 2. The van der Waals surface area contributed by atoms with E-state index in [0.29, 0.717) is 11.4 Å². The van der Waals surface area contributed by atoms with Crippen LogP contribution in [0.3, 0.4) is 0 Å². The van der Waals surface area contributed by atoms with E-state index in [1.165, 1.54) is 21.1 Å². The highest BCUT2D eigenvalue weighted by atomic mass is 79.9. The van der Waals surface area contributed by atoms with Gasteiger partial charge in [-0.3, -0.25) is 24.4 Å². The zero-order chi connectivity index (χ0) is 17.4. The van der Waals surface area contributed by atoms with Gasteiger partial charge in [-0.1, -0.05) is 31.9 Å². The molecule has 0 bridgehead atoms. The monoisotopic (exact) mass is 443 g/mol. The van der Waals surface area contributed by atoms with Crippen LogP contribution >= 0.6 is 31.9 Å². The van der Waals surface area contributed by atoms with E-state index in [9.17, 15) is 9.59 Å². The Labute approximate surface area is 151 Å². The van der Waals surface area contributed by atoms with E-state index in [1.807, 2.05) is 0 Å². The molecule has 2 heterocycles. The van der Waals surface area contributed by atoms with Crippen molar-refractivity contribution in [3.05, 3.63) is 57.0 Å². The van der Waals surface area contributed by atoms with Crippen LogP contribution in [0.25, 0.3) is 0 Å². The van der Waals surface area contributed by atoms with E-state index in [2.05, 4.69) is 41.8 Å². The lowest BCUT2D eigenvalue weighted by Gasteiger charge is -2.12. The predicted molar refractivity (Wildman–Crippen MR) is 93.0 cm³/mol. The summed E-state index contributed by atoms with van der Waals surface area (Å²) in [4.78, 5) is 34.7. The molecule has 0 fully saturated rings. The molecular formula is C15H15Br2N3O3. The highest BCUT2D eigenvalue weighted by molar-refractivity contribution is 9.10. The number of Topliss-reactive ketones (excluding diaryl/α,β-unsaturated/α-hetero) is 1. The number of hydrogen-bond acceptors (Lipinski definition) is 5. The first-order chi connectivity index (χ1) is 10.8. The highest BCUT2D eigenvalue weighted by Crippen LogP contribution is 2.10. The number of aromatic nitrogens is 2. The number of amides is 1. The molecule has 0 aliphatic carbocycles. The molecule has 2 aromatic rings. The second-order valence-corrected chi connectivity index (χ2v) is 6.09. The third kappa shape index (κ3) is 6.55. The van der Waals surface area contributed by atoms with Crippen LogP contribution in [0, 0.1) is 0 Å². The van der Waals surface area contributed by atoms with Crippen molar-refractivity contribution < 1.29 is 14.4 Å². The lowest BCUT2D eigenvalue weighted by atomic mass is 10.3. The van der Waals surface area contributed by atoms with Crippen LogP contribution in [0.15, 0.2) is 45.6 Å². The molecule has 0 spiro atoms. The summed E-state index contributed by atoms with van der Waals surface area (Å²) in [6, 6.07) is 6.87. The average molecular weight is 445 g/mol. The number of hydrogen-bond donors (Lipinski definition) is 0. The van der Waals surface area contributed by atoms with E-state index in [4.69, 9.17) is 4.84 Å². The molecule has 122 valence electrons. The summed E-state index contributed by atoms with van der Waals surface area (Å²) >= 11 is 6.49. The maximum atomic E-state index is 11.4. The summed E-state index contributed by atoms with van der Waals surface area (Å²) in [7, 11) is 2.96. The van der Waals surface area contributed by atoms with Crippen LogP contribution in [0.4, 0.5) is 0 Å². The molecule has 0 aliphatic heterocycles. The fourth-order valence-corrected chi connectivity index (χ4v) is 2.03. The summed E-state index contributed by atoms with van der Waals surface area (Å²) in [6.07, 6.45) is 3.15. The van der Waals surface area contributed by atoms with Crippen molar-refractivity contribution in [3.63, 3.8) is 0 Å². The van der Waals surface area contributed by atoms with Gasteiger partial charge in [-0.05, 0) is 24.3 Å². The van der Waals surface area contributed by atoms with Gasteiger partial charge in [0, 0.05) is 35.3 Å². The van der Waals surface area contributed by atoms with Gasteiger partial charge in [0.05, 0.1) is 7.11 Å². The Morgan fingerprint density at radius 2 is 1.52 bits per heavy atom. The van der Waals surface area contributed by atoms with Gasteiger partial charge >= 0.3 is 0 Å². The average Bonchev–Trinajstić information content (AvgIpc) is 2.54. The van der Waals surface area contributed by atoms with Crippen LogP contribution in [-0.4, -0.2) is 40.9 Å². The molecule has 0 saturated heterocycles. The molecule has 0 N–H and O–H groups in total. The lowest BCUT2D eigenvalue weighted by Crippen LogP contribution is -2.26. The van der Waals surface area contributed by atoms with E-state index in [-0.39, 0.29) is 11.7 Å². The van der Waals surface area contributed by atoms with Crippen molar-refractivity contribution in [2.24, 2.45) is 0 Å². The number of halogens is 2. The first-order valence-electron chi connectivity index (χ1n) is 6.41. The SMILES string of the molecule is CC(=O)c1cc(Br)ccn1.CON(C)C(=O)c1cc(Br)ccn1. The highest BCUT2D eigenvalue weighted by Gasteiger charge is 2.12. The Morgan fingerprint density at radius 3 is 1.91 bits per heavy atom. The van der Waals surface area contributed by atoms with Crippen molar-refractivity contribution >= 4 is 43.6 Å². The maximum absolute atomic E-state index is 11.4. The van der Waals surface area contributed by atoms with Crippen LogP contribution in [0.1, 0.15) is 27.9 Å². The van der Waals surface area contributed by atoms with Crippen LogP contribution in [0.2, 0.25) is 0 Å². The first-order valence-corrected chi connectivity index (χ1v) is 8.00. The van der Waals surface area contributed by atoms with Crippen molar-refractivity contribution in [1.29, 1.82) is 0 Å². The Hall–Kier alpha value is -1.64. The molecule has 2 rings (SSSR count). The number of ketones is 1. The molecule has 6 nitrogen and oxygen atoms in total. The van der Waals surface area contributed by atoms with Crippen molar-refractivity contribution in [2.75, 3.05) is 14.2 Å². The number of pyridine rings is 2. The van der Waals surface area contributed by atoms with E-state index in [0.717, 1.165) is 14.0 Å². The summed E-state index contributed by atoms with van der Waals surface area (Å²) in [6.45, 7) is 1.49. The zero-order valence-corrected chi connectivity index (χ0v) is 16.0. The minimum Gasteiger partial charge on any atom is -0.293 e. The molecule has 0 radical (unpaired) electrons. The Bertz CT molecular complexity index is 695. The summed E-state index contributed by atoms with van der Waals surface area (Å²) in [5.41, 5.74) is 0.841. The fourth-order valence-electron chi connectivity index (χ4n) is 1.36. The number of carbonyl (C=O) groups excluding carboxylic acids is 2.